The van der Waals surface area contributed by atoms with Crippen LogP contribution in [0.4, 0.5) is 5.69 Å². The smallest absolute Gasteiger partial charge is 0.269 e. The predicted octanol–water partition coefficient (Wildman–Crippen LogP) is 4.18. The van der Waals surface area contributed by atoms with Crippen LogP contribution in [-0.4, -0.2) is 20.4 Å². The van der Waals surface area contributed by atoms with Crippen LogP contribution >= 0.6 is 11.6 Å². The molecular weight excluding hydrogens is 366 g/mol. The van der Waals surface area contributed by atoms with E-state index in [-0.39, 0.29) is 11.7 Å². The third kappa shape index (κ3) is 3.17. The summed E-state index contributed by atoms with van der Waals surface area (Å²) in [5.41, 5.74) is 7.49. The molecule has 0 fully saturated rings. The number of para-hydroxylation sites is 1. The van der Waals surface area contributed by atoms with Crippen LogP contribution in [0.25, 0.3) is 5.69 Å². The third-order valence-electron chi connectivity index (χ3n) is 4.56. The number of hydrogen-bond donors (Lipinski definition) is 1. The fraction of sp³-hybridized carbons (Fsp3) is 0.158. The van der Waals surface area contributed by atoms with Crippen molar-refractivity contribution in [3.05, 3.63) is 86.7 Å². The minimum atomic E-state index is -0.414. The van der Waals surface area contributed by atoms with E-state index >= 15 is 0 Å². The zero-order chi connectivity index (χ0) is 19.0. The van der Waals surface area contributed by atoms with Gasteiger partial charge in [0.2, 0.25) is 0 Å². The van der Waals surface area contributed by atoms with Gasteiger partial charge in [0.25, 0.3) is 5.69 Å². The first-order valence-corrected chi connectivity index (χ1v) is 8.79. The molecule has 0 spiro atoms. The number of non-ortho nitro benzene ring substituents is 1. The van der Waals surface area contributed by atoms with Crippen molar-refractivity contribution >= 4 is 23.0 Å². The van der Waals surface area contributed by atoms with E-state index in [4.69, 9.17) is 11.6 Å². The van der Waals surface area contributed by atoms with Gasteiger partial charge in [0, 0.05) is 24.1 Å². The van der Waals surface area contributed by atoms with Crippen LogP contribution in [0.2, 0.25) is 5.15 Å². The molecule has 0 unspecified atom stereocenters. The van der Waals surface area contributed by atoms with Crippen molar-refractivity contribution in [3.8, 4) is 5.69 Å². The maximum absolute atomic E-state index is 10.8. The van der Waals surface area contributed by atoms with Gasteiger partial charge in [-0.1, -0.05) is 29.8 Å². The number of hydrazone groups is 1. The van der Waals surface area contributed by atoms with Crippen LogP contribution in [-0.2, 0) is 0 Å². The number of aryl methyl sites for hydroxylation is 1. The lowest BCUT2D eigenvalue weighted by Gasteiger charge is -2.10. The molecular formula is C19H16ClN5O2. The normalized spacial score (nSPS) is 16.1. The average molecular weight is 382 g/mol. The summed E-state index contributed by atoms with van der Waals surface area (Å²) in [4.78, 5) is 10.4. The van der Waals surface area contributed by atoms with Gasteiger partial charge >= 0.3 is 0 Å². The highest BCUT2D eigenvalue weighted by atomic mass is 35.5. The van der Waals surface area contributed by atoms with Gasteiger partial charge in [0.05, 0.1) is 28.1 Å². The highest BCUT2D eigenvalue weighted by molar-refractivity contribution is 6.30. The van der Waals surface area contributed by atoms with Crippen molar-refractivity contribution < 1.29 is 4.92 Å². The van der Waals surface area contributed by atoms with Crippen molar-refractivity contribution in [1.29, 1.82) is 0 Å². The van der Waals surface area contributed by atoms with Gasteiger partial charge in [-0.15, -0.1) is 0 Å². The summed E-state index contributed by atoms with van der Waals surface area (Å²) in [6, 6.07) is 16.0. The molecule has 136 valence electrons. The molecule has 3 aromatic rings. The van der Waals surface area contributed by atoms with Gasteiger partial charge in [0.1, 0.15) is 5.15 Å². The van der Waals surface area contributed by atoms with E-state index in [1.807, 2.05) is 37.3 Å². The number of nitrogens with zero attached hydrogens (tertiary/aromatic N) is 4. The van der Waals surface area contributed by atoms with Crippen LogP contribution in [0, 0.1) is 17.0 Å². The number of nitro benzene ring substituents is 1. The highest BCUT2D eigenvalue weighted by Crippen LogP contribution is 2.33. The van der Waals surface area contributed by atoms with E-state index in [1.54, 1.807) is 16.8 Å². The van der Waals surface area contributed by atoms with Crippen LogP contribution in [0.1, 0.15) is 29.3 Å². The Bertz CT molecular complexity index is 1030. The Labute approximate surface area is 160 Å². The van der Waals surface area contributed by atoms with Crippen molar-refractivity contribution in [2.45, 2.75) is 19.4 Å². The summed E-state index contributed by atoms with van der Waals surface area (Å²) in [7, 11) is 0. The molecule has 0 bridgehead atoms. The first-order chi connectivity index (χ1) is 13.0. The van der Waals surface area contributed by atoms with Crippen LogP contribution in [0.3, 0.4) is 0 Å². The van der Waals surface area contributed by atoms with E-state index in [1.165, 1.54) is 12.1 Å². The maximum atomic E-state index is 10.8. The largest absolute Gasteiger partial charge is 0.302 e. The van der Waals surface area contributed by atoms with Gasteiger partial charge in [-0.05, 0) is 36.8 Å². The Morgan fingerprint density at radius 3 is 2.56 bits per heavy atom. The highest BCUT2D eigenvalue weighted by Gasteiger charge is 2.28. The molecule has 7 nitrogen and oxygen atoms in total. The number of rotatable bonds is 4. The van der Waals surface area contributed by atoms with E-state index in [9.17, 15) is 10.1 Å². The maximum Gasteiger partial charge on any atom is 0.269 e. The zero-order valence-electron chi connectivity index (χ0n) is 14.5. The number of hydrogen-bond acceptors (Lipinski definition) is 5. The molecule has 1 aliphatic rings. The molecule has 1 atom stereocenters. The minimum Gasteiger partial charge on any atom is -0.302 e. The summed E-state index contributed by atoms with van der Waals surface area (Å²) in [5.74, 6) is 0. The van der Waals surface area contributed by atoms with E-state index in [0.29, 0.717) is 11.6 Å². The van der Waals surface area contributed by atoms with Crippen LogP contribution < -0.4 is 5.43 Å². The Morgan fingerprint density at radius 2 is 1.89 bits per heavy atom. The minimum absolute atomic E-state index is 0.0601. The molecule has 0 aliphatic carbocycles. The van der Waals surface area contributed by atoms with Crippen LogP contribution in [0.5, 0.6) is 0 Å². The van der Waals surface area contributed by atoms with Gasteiger partial charge in [-0.25, -0.2) is 4.68 Å². The third-order valence-corrected chi connectivity index (χ3v) is 4.93. The van der Waals surface area contributed by atoms with Gasteiger partial charge in [-0.3, -0.25) is 10.1 Å². The summed E-state index contributed by atoms with van der Waals surface area (Å²) < 4.78 is 1.72. The summed E-state index contributed by atoms with van der Waals surface area (Å²) in [5, 5.41) is 20.3. The lowest BCUT2D eigenvalue weighted by atomic mass is 9.99. The SMILES string of the molecule is Cc1nn(-c2ccccc2)c(Cl)c1[C@@H]1CC(c2ccc([N+](=O)[O-])cc2)=NN1. The number of nitrogens with one attached hydrogen (secondary N) is 1. The molecule has 1 aliphatic heterocycles. The second kappa shape index (κ2) is 6.85. The van der Waals surface area contributed by atoms with Gasteiger partial charge < -0.3 is 5.43 Å². The quantitative estimate of drug-likeness (QED) is 0.542. The van der Waals surface area contributed by atoms with Crippen molar-refractivity contribution in [1.82, 2.24) is 15.2 Å². The molecule has 0 saturated carbocycles. The number of benzene rings is 2. The molecule has 0 radical (unpaired) electrons. The van der Waals surface area contributed by atoms with E-state index < -0.39 is 4.92 Å². The Balaban J connectivity index is 1.58. The summed E-state index contributed by atoms with van der Waals surface area (Å²) in [6.07, 6.45) is 0.624. The topological polar surface area (TPSA) is 85.3 Å². The monoisotopic (exact) mass is 381 g/mol. The zero-order valence-corrected chi connectivity index (χ0v) is 15.2. The second-order valence-corrected chi connectivity index (χ2v) is 6.64. The lowest BCUT2D eigenvalue weighted by Crippen LogP contribution is -2.11. The van der Waals surface area contributed by atoms with Crippen LogP contribution in [0.15, 0.2) is 59.7 Å². The number of aromatic nitrogens is 2. The van der Waals surface area contributed by atoms with Gasteiger partial charge in [0.15, 0.2) is 0 Å². The van der Waals surface area contributed by atoms with E-state index in [2.05, 4.69) is 15.6 Å². The van der Waals surface area contributed by atoms with Crippen molar-refractivity contribution in [2.24, 2.45) is 5.10 Å². The first-order valence-electron chi connectivity index (χ1n) is 8.42. The summed E-state index contributed by atoms with van der Waals surface area (Å²) in [6.45, 7) is 1.92. The molecule has 0 amide bonds. The molecule has 0 saturated heterocycles. The molecule has 27 heavy (non-hydrogen) atoms. The van der Waals surface area contributed by atoms with E-state index in [0.717, 1.165) is 28.2 Å². The number of halogens is 1. The van der Waals surface area contributed by atoms with Crippen molar-refractivity contribution in [3.63, 3.8) is 0 Å². The predicted molar refractivity (Wildman–Crippen MR) is 103 cm³/mol. The Kier molecular flexibility index (Phi) is 4.37. The van der Waals surface area contributed by atoms with Crippen molar-refractivity contribution in [2.75, 3.05) is 0 Å². The fourth-order valence-electron chi connectivity index (χ4n) is 3.21. The Hall–Kier alpha value is -3.19. The molecule has 2 heterocycles. The molecule has 1 aromatic heterocycles. The lowest BCUT2D eigenvalue weighted by molar-refractivity contribution is -0.384. The molecule has 1 N–H and O–H groups in total. The molecule has 2 aromatic carbocycles. The fourth-order valence-corrected chi connectivity index (χ4v) is 3.62. The molecule has 8 heteroatoms. The first kappa shape index (κ1) is 17.2. The molecule has 4 rings (SSSR count). The Morgan fingerprint density at radius 1 is 1.19 bits per heavy atom. The number of nitro groups is 1. The second-order valence-electron chi connectivity index (χ2n) is 6.29. The standard InChI is InChI=1S/C19H16ClN5O2/c1-12-18(19(20)24(23-12)14-5-3-2-4-6-14)17-11-16(21-22-17)13-7-9-15(10-8-13)25(26)27/h2-10,17,22H,11H2,1H3/t17-/m0/s1. The average Bonchev–Trinajstić information content (AvgIpc) is 3.27. The summed E-state index contributed by atoms with van der Waals surface area (Å²) >= 11 is 6.63. The van der Waals surface area contributed by atoms with Gasteiger partial charge in [-0.2, -0.15) is 10.2 Å².